The molecule has 0 amide bonds. The van der Waals surface area contributed by atoms with Gasteiger partial charge in [-0.1, -0.05) is 127 Å². The smallest absolute Gasteiger partial charge is 0.235 e. The molecule has 4 aromatic heterocycles. The van der Waals surface area contributed by atoms with Crippen LogP contribution in [0.3, 0.4) is 0 Å². The molecule has 0 fully saturated rings. The van der Waals surface area contributed by atoms with E-state index in [4.69, 9.17) is 9.97 Å². The number of aromatic nitrogens is 4. The van der Waals surface area contributed by atoms with Crippen molar-refractivity contribution in [3.8, 4) is 45.1 Å². The van der Waals surface area contributed by atoms with Gasteiger partial charge in [-0.15, -0.1) is 11.3 Å². The minimum atomic E-state index is 0.677. The van der Waals surface area contributed by atoms with E-state index in [1.807, 2.05) is 0 Å². The van der Waals surface area contributed by atoms with Crippen LogP contribution in [0.1, 0.15) is 0 Å². The van der Waals surface area contributed by atoms with E-state index in [0.29, 0.717) is 5.95 Å². The summed E-state index contributed by atoms with van der Waals surface area (Å²) in [6.45, 7) is 0. The van der Waals surface area contributed by atoms with Crippen molar-refractivity contribution in [2.75, 3.05) is 0 Å². The Morgan fingerprint density at radius 1 is 0.471 bits per heavy atom. The molecule has 4 nitrogen and oxygen atoms in total. The Labute approximate surface area is 296 Å². The largest absolute Gasteiger partial charge is 0.308 e. The van der Waals surface area contributed by atoms with Crippen LogP contribution in [-0.4, -0.2) is 19.1 Å². The normalized spacial score (nSPS) is 12.3. The van der Waals surface area contributed by atoms with Gasteiger partial charge in [0, 0.05) is 48.3 Å². The fourth-order valence-corrected chi connectivity index (χ4v) is 9.76. The average molecular weight is 667 g/mol. The lowest BCUT2D eigenvalue weighted by Gasteiger charge is -2.12. The van der Waals surface area contributed by atoms with Crippen molar-refractivity contribution in [3.05, 3.63) is 158 Å². The summed E-state index contributed by atoms with van der Waals surface area (Å²) in [6, 6.07) is 56.9. The Morgan fingerprint density at radius 2 is 1.12 bits per heavy atom. The monoisotopic (exact) mass is 666 g/mol. The topological polar surface area (TPSA) is 35.6 Å². The number of para-hydroxylation sites is 3. The summed E-state index contributed by atoms with van der Waals surface area (Å²) in [5.41, 5.74) is 13.8. The molecule has 0 radical (unpaired) electrons. The number of hydrogen-bond acceptors (Lipinski definition) is 3. The van der Waals surface area contributed by atoms with Crippen molar-refractivity contribution in [1.82, 2.24) is 19.1 Å². The third-order valence-electron chi connectivity index (χ3n) is 10.7. The predicted molar refractivity (Wildman–Crippen MR) is 213 cm³/mol. The number of rotatable bonds is 2. The maximum Gasteiger partial charge on any atom is 0.235 e. The lowest BCUT2D eigenvalue weighted by atomic mass is 9.91. The number of fused-ring (bicyclic) bond motifs is 15. The average Bonchev–Trinajstić information content (AvgIpc) is 3.82. The van der Waals surface area contributed by atoms with Gasteiger partial charge in [0.1, 0.15) is 0 Å². The van der Waals surface area contributed by atoms with Gasteiger partial charge in [-0.05, 0) is 41.5 Å². The van der Waals surface area contributed by atoms with E-state index in [1.165, 1.54) is 65.2 Å². The number of thiophene rings is 1. The highest BCUT2D eigenvalue weighted by molar-refractivity contribution is 7.26. The third-order valence-corrected chi connectivity index (χ3v) is 11.8. The quantitative estimate of drug-likeness (QED) is 0.184. The summed E-state index contributed by atoms with van der Waals surface area (Å²) in [7, 11) is 0. The Balaban J connectivity index is 1.32. The molecule has 0 saturated carbocycles. The maximum absolute atomic E-state index is 5.48. The molecule has 51 heavy (non-hydrogen) atoms. The zero-order valence-corrected chi connectivity index (χ0v) is 28.0. The van der Waals surface area contributed by atoms with Crippen molar-refractivity contribution in [1.29, 1.82) is 0 Å². The molecule has 5 heteroatoms. The van der Waals surface area contributed by atoms with Crippen LogP contribution >= 0.6 is 11.3 Å². The molecule has 0 spiro atoms. The summed E-state index contributed by atoms with van der Waals surface area (Å²) < 4.78 is 7.13. The first-order valence-corrected chi connectivity index (χ1v) is 18.1. The van der Waals surface area contributed by atoms with Gasteiger partial charge in [-0.25, -0.2) is 9.97 Å². The van der Waals surface area contributed by atoms with Crippen LogP contribution < -0.4 is 0 Å². The van der Waals surface area contributed by atoms with Crippen molar-refractivity contribution >= 4 is 75.3 Å². The fraction of sp³-hybridized carbons (Fsp3) is 0. The lowest BCUT2D eigenvalue weighted by Crippen LogP contribution is -2.03. The van der Waals surface area contributed by atoms with E-state index in [0.717, 1.165) is 37.9 Å². The van der Waals surface area contributed by atoms with Gasteiger partial charge in [0.05, 0.1) is 43.7 Å². The SMILES string of the molecule is c1ccc(-c2nc(-n3c4ccccc4c4c5c6c(cc43)c3ccccc3n6-c3ccccc3-c3ccccc3-5)nc3c2sc2ccccc23)cc1. The molecule has 1 aliphatic heterocycles. The highest BCUT2D eigenvalue weighted by Crippen LogP contribution is 2.51. The number of hydrogen-bond donors (Lipinski definition) is 0. The van der Waals surface area contributed by atoms with Crippen LogP contribution in [0.4, 0.5) is 0 Å². The van der Waals surface area contributed by atoms with E-state index in [2.05, 4.69) is 167 Å². The molecule has 0 N–H and O–H groups in total. The van der Waals surface area contributed by atoms with Gasteiger partial charge in [0.15, 0.2) is 0 Å². The first-order chi connectivity index (χ1) is 25.3. The first kappa shape index (κ1) is 27.3. The van der Waals surface area contributed by atoms with Crippen LogP contribution in [0.2, 0.25) is 0 Å². The molecule has 11 aromatic rings. The second-order valence-corrected chi connectivity index (χ2v) is 14.4. The molecule has 0 aliphatic carbocycles. The Hall–Kier alpha value is -6.56. The summed E-state index contributed by atoms with van der Waals surface area (Å²) in [5, 5.41) is 5.99. The number of nitrogens with zero attached hydrogens (tertiary/aromatic N) is 4. The van der Waals surface area contributed by atoms with E-state index < -0.39 is 0 Å². The molecule has 236 valence electrons. The second kappa shape index (κ2) is 10.0. The Morgan fingerprint density at radius 3 is 1.96 bits per heavy atom. The number of benzene rings is 7. The van der Waals surface area contributed by atoms with Gasteiger partial charge in [-0.2, -0.15) is 0 Å². The highest BCUT2D eigenvalue weighted by Gasteiger charge is 2.29. The van der Waals surface area contributed by atoms with Crippen LogP contribution in [-0.2, 0) is 0 Å². The highest BCUT2D eigenvalue weighted by atomic mass is 32.1. The summed E-state index contributed by atoms with van der Waals surface area (Å²) in [5.74, 6) is 0.677. The van der Waals surface area contributed by atoms with Crippen LogP contribution in [0, 0.1) is 0 Å². The Bertz CT molecular complexity index is 3250. The molecule has 5 heterocycles. The first-order valence-electron chi connectivity index (χ1n) is 17.3. The van der Waals surface area contributed by atoms with Gasteiger partial charge in [-0.3, -0.25) is 4.57 Å². The molecule has 0 atom stereocenters. The molecule has 12 rings (SSSR count). The van der Waals surface area contributed by atoms with Crippen molar-refractivity contribution in [2.45, 2.75) is 0 Å². The summed E-state index contributed by atoms with van der Waals surface area (Å²) in [6.07, 6.45) is 0. The second-order valence-electron chi connectivity index (χ2n) is 13.3. The van der Waals surface area contributed by atoms with Gasteiger partial charge < -0.3 is 4.57 Å². The van der Waals surface area contributed by atoms with E-state index >= 15 is 0 Å². The van der Waals surface area contributed by atoms with Crippen LogP contribution in [0.5, 0.6) is 0 Å². The zero-order chi connectivity index (χ0) is 33.2. The van der Waals surface area contributed by atoms with Gasteiger partial charge >= 0.3 is 0 Å². The standard InChI is InChI=1S/C46H26N4S/c1-2-14-27(15-3-1)42-45-43(33-21-9-13-25-39(33)51-45)48-46(47-42)50-37-24-12-8-20-32(37)40-38(50)26-34-30-18-7-11-23-36(30)49-35-22-10-6-17-29(35)28-16-4-5-19-31(28)41(40)44(34)49/h1-26H. The maximum atomic E-state index is 5.48. The third kappa shape index (κ3) is 3.58. The molecule has 0 bridgehead atoms. The lowest BCUT2D eigenvalue weighted by molar-refractivity contribution is 1.02. The van der Waals surface area contributed by atoms with Crippen molar-refractivity contribution in [2.24, 2.45) is 0 Å². The van der Waals surface area contributed by atoms with E-state index in [9.17, 15) is 0 Å². The molecular weight excluding hydrogens is 641 g/mol. The molecule has 0 unspecified atom stereocenters. The summed E-state index contributed by atoms with van der Waals surface area (Å²) >= 11 is 1.77. The molecular formula is C46H26N4S. The summed E-state index contributed by atoms with van der Waals surface area (Å²) in [4.78, 5) is 10.9. The van der Waals surface area contributed by atoms with Gasteiger partial charge in [0.25, 0.3) is 0 Å². The zero-order valence-electron chi connectivity index (χ0n) is 27.2. The van der Waals surface area contributed by atoms with Crippen LogP contribution in [0.15, 0.2) is 158 Å². The molecule has 0 saturated heterocycles. The minimum Gasteiger partial charge on any atom is -0.308 e. The van der Waals surface area contributed by atoms with Crippen molar-refractivity contribution in [3.63, 3.8) is 0 Å². The minimum absolute atomic E-state index is 0.677. The molecule has 7 aromatic carbocycles. The van der Waals surface area contributed by atoms with Crippen LogP contribution in [0.25, 0.3) is 109 Å². The van der Waals surface area contributed by atoms with Gasteiger partial charge in [0.2, 0.25) is 5.95 Å². The molecule has 1 aliphatic rings. The van der Waals surface area contributed by atoms with E-state index in [1.54, 1.807) is 11.3 Å². The Kier molecular flexibility index (Phi) is 5.35. The fourth-order valence-electron chi connectivity index (χ4n) is 8.60. The van der Waals surface area contributed by atoms with E-state index in [-0.39, 0.29) is 0 Å². The van der Waals surface area contributed by atoms with Crippen molar-refractivity contribution < 1.29 is 0 Å². The predicted octanol–water partition coefficient (Wildman–Crippen LogP) is 12.4.